The van der Waals surface area contributed by atoms with Crippen molar-refractivity contribution >= 4 is 11.8 Å². The lowest BCUT2D eigenvalue weighted by Crippen LogP contribution is -2.36. The summed E-state index contributed by atoms with van der Waals surface area (Å²) >= 11 is 0. The van der Waals surface area contributed by atoms with Gasteiger partial charge in [-0.25, -0.2) is 0 Å². The van der Waals surface area contributed by atoms with Gasteiger partial charge in [-0.2, -0.15) is 0 Å². The van der Waals surface area contributed by atoms with E-state index in [0.29, 0.717) is 13.1 Å². The van der Waals surface area contributed by atoms with Crippen LogP contribution < -0.4 is 11.3 Å². The third-order valence-electron chi connectivity index (χ3n) is 2.69. The first-order chi connectivity index (χ1) is 9.49. The third-order valence-corrected chi connectivity index (χ3v) is 2.69. The van der Waals surface area contributed by atoms with Crippen molar-refractivity contribution in [3.63, 3.8) is 0 Å². The SMILES string of the molecule is CC.CCN(CC)C(=O)Cn1cc(C(N)=O)ccc1=O.[HH]. The van der Waals surface area contributed by atoms with Crippen molar-refractivity contribution in [2.45, 2.75) is 34.2 Å². The number of carbonyl (C=O) groups is 2. The highest BCUT2D eigenvalue weighted by molar-refractivity contribution is 5.92. The molecular formula is C14H25N3O3. The van der Waals surface area contributed by atoms with Gasteiger partial charge in [-0.3, -0.25) is 14.4 Å². The summed E-state index contributed by atoms with van der Waals surface area (Å²) in [5.74, 6) is -0.789. The van der Waals surface area contributed by atoms with E-state index in [4.69, 9.17) is 5.73 Å². The van der Waals surface area contributed by atoms with Crippen molar-refractivity contribution in [3.8, 4) is 0 Å². The van der Waals surface area contributed by atoms with Gasteiger partial charge in [-0.05, 0) is 19.9 Å². The van der Waals surface area contributed by atoms with Crippen molar-refractivity contribution in [1.82, 2.24) is 9.47 Å². The smallest absolute Gasteiger partial charge is 0.251 e. The first-order valence-electron chi connectivity index (χ1n) is 6.77. The molecule has 1 rings (SSSR count). The highest BCUT2D eigenvalue weighted by atomic mass is 16.2. The molecule has 0 radical (unpaired) electrons. The number of hydrogen-bond acceptors (Lipinski definition) is 3. The van der Waals surface area contributed by atoms with Crippen LogP contribution in [0.25, 0.3) is 0 Å². The van der Waals surface area contributed by atoms with Gasteiger partial charge >= 0.3 is 0 Å². The van der Waals surface area contributed by atoms with Crippen LogP contribution in [0.3, 0.4) is 0 Å². The van der Waals surface area contributed by atoms with Crippen LogP contribution in [-0.2, 0) is 11.3 Å². The van der Waals surface area contributed by atoms with Gasteiger partial charge in [-0.1, -0.05) is 13.8 Å². The standard InChI is InChI=1S/C12H17N3O3.C2H6.H2/c1-3-14(4-2)11(17)8-15-7-9(12(13)18)5-6-10(15)16;1-2;/h5-7H,3-4,8H2,1-2H3,(H2,13,18);1-2H3;1H. The number of likely N-dealkylation sites (N-methyl/N-ethyl adjacent to an activating group) is 1. The van der Waals surface area contributed by atoms with Crippen molar-refractivity contribution < 1.29 is 11.0 Å². The Morgan fingerprint density at radius 1 is 1.25 bits per heavy atom. The largest absolute Gasteiger partial charge is 0.366 e. The van der Waals surface area contributed by atoms with E-state index < -0.39 is 5.91 Å². The molecule has 6 nitrogen and oxygen atoms in total. The van der Waals surface area contributed by atoms with E-state index in [-0.39, 0.29) is 25.0 Å². The van der Waals surface area contributed by atoms with E-state index in [2.05, 4.69) is 0 Å². The van der Waals surface area contributed by atoms with Gasteiger partial charge in [0, 0.05) is 26.8 Å². The third kappa shape index (κ3) is 4.87. The molecule has 0 saturated carbocycles. The zero-order valence-corrected chi connectivity index (χ0v) is 12.5. The summed E-state index contributed by atoms with van der Waals surface area (Å²) in [6, 6.07) is 2.58. The summed E-state index contributed by atoms with van der Waals surface area (Å²) in [7, 11) is 0. The monoisotopic (exact) mass is 283 g/mol. The Kier molecular flexibility index (Phi) is 7.96. The molecule has 0 unspecified atom stereocenters. The zero-order valence-electron chi connectivity index (χ0n) is 12.5. The first-order valence-corrected chi connectivity index (χ1v) is 6.77. The molecule has 0 fully saturated rings. The van der Waals surface area contributed by atoms with E-state index in [1.54, 1.807) is 4.90 Å². The van der Waals surface area contributed by atoms with Gasteiger partial charge in [0.25, 0.3) is 5.56 Å². The quantitative estimate of drug-likeness (QED) is 0.877. The number of nitrogens with zero attached hydrogens (tertiary/aromatic N) is 2. The van der Waals surface area contributed by atoms with Crippen LogP contribution in [0.5, 0.6) is 0 Å². The highest BCUT2D eigenvalue weighted by Crippen LogP contribution is 1.97. The molecule has 20 heavy (non-hydrogen) atoms. The molecule has 0 aliphatic heterocycles. The van der Waals surface area contributed by atoms with E-state index in [9.17, 15) is 14.4 Å². The van der Waals surface area contributed by atoms with E-state index in [1.807, 2.05) is 27.7 Å². The van der Waals surface area contributed by atoms with Gasteiger partial charge < -0.3 is 15.2 Å². The maximum atomic E-state index is 11.9. The molecule has 1 heterocycles. The average Bonchev–Trinajstić information content (AvgIpc) is 2.44. The summed E-state index contributed by atoms with van der Waals surface area (Å²) < 4.78 is 1.20. The molecule has 1 aromatic rings. The van der Waals surface area contributed by atoms with Crippen LogP contribution in [0.2, 0.25) is 0 Å². The number of pyridine rings is 1. The maximum absolute atomic E-state index is 11.9. The molecule has 2 amide bonds. The molecule has 0 aromatic carbocycles. The molecular weight excluding hydrogens is 258 g/mol. The van der Waals surface area contributed by atoms with Crippen LogP contribution in [0.4, 0.5) is 0 Å². The predicted octanol–water partition coefficient (Wildman–Crippen LogP) is 1.09. The Morgan fingerprint density at radius 3 is 2.25 bits per heavy atom. The lowest BCUT2D eigenvalue weighted by Gasteiger charge is -2.19. The number of amides is 2. The Morgan fingerprint density at radius 2 is 1.80 bits per heavy atom. The summed E-state index contributed by atoms with van der Waals surface area (Å²) in [6.45, 7) is 8.81. The topological polar surface area (TPSA) is 85.4 Å². The molecule has 0 aliphatic carbocycles. The van der Waals surface area contributed by atoms with Gasteiger partial charge in [0.05, 0.1) is 5.56 Å². The van der Waals surface area contributed by atoms with Crippen molar-refractivity contribution in [3.05, 3.63) is 34.2 Å². The minimum Gasteiger partial charge on any atom is -0.366 e. The minimum atomic E-state index is -0.626. The minimum absolute atomic E-state index is 0. The Balaban J connectivity index is 0. The molecule has 1 aromatic heterocycles. The van der Waals surface area contributed by atoms with Gasteiger partial charge in [0.2, 0.25) is 11.8 Å². The number of aromatic nitrogens is 1. The predicted molar refractivity (Wildman–Crippen MR) is 80.6 cm³/mol. The van der Waals surface area contributed by atoms with E-state index >= 15 is 0 Å². The van der Waals surface area contributed by atoms with Crippen LogP contribution in [0, 0.1) is 0 Å². The van der Waals surface area contributed by atoms with Crippen LogP contribution in [-0.4, -0.2) is 34.4 Å². The van der Waals surface area contributed by atoms with Crippen LogP contribution in [0.1, 0.15) is 39.5 Å². The van der Waals surface area contributed by atoms with Gasteiger partial charge in [0.1, 0.15) is 6.54 Å². The second kappa shape index (κ2) is 8.90. The first kappa shape index (κ1) is 17.9. The number of primary amides is 1. The van der Waals surface area contributed by atoms with Gasteiger partial charge in [0.15, 0.2) is 0 Å². The fourth-order valence-electron chi connectivity index (χ4n) is 1.62. The second-order valence-corrected chi connectivity index (χ2v) is 3.81. The number of carbonyl (C=O) groups excluding carboxylic acids is 2. The molecule has 114 valence electrons. The fourth-order valence-corrected chi connectivity index (χ4v) is 1.62. The molecule has 6 heteroatoms. The van der Waals surface area contributed by atoms with Crippen LogP contribution in [0.15, 0.2) is 23.1 Å². The molecule has 0 aliphatic rings. The maximum Gasteiger partial charge on any atom is 0.251 e. The molecule has 0 atom stereocenters. The normalized spacial score (nSPS) is 9.40. The molecule has 2 N–H and O–H groups in total. The van der Waals surface area contributed by atoms with Gasteiger partial charge in [-0.15, -0.1) is 0 Å². The zero-order chi connectivity index (χ0) is 15.7. The summed E-state index contributed by atoms with van der Waals surface area (Å²) in [6.07, 6.45) is 1.31. The van der Waals surface area contributed by atoms with E-state index in [0.717, 1.165) is 0 Å². The lowest BCUT2D eigenvalue weighted by atomic mass is 10.2. The number of rotatable bonds is 5. The van der Waals surface area contributed by atoms with E-state index in [1.165, 1.54) is 22.9 Å². The molecule has 0 spiro atoms. The van der Waals surface area contributed by atoms with Crippen molar-refractivity contribution in [2.24, 2.45) is 5.73 Å². The molecule has 0 saturated heterocycles. The number of nitrogens with two attached hydrogens (primary N) is 1. The second-order valence-electron chi connectivity index (χ2n) is 3.81. The Hall–Kier alpha value is -2.11. The lowest BCUT2D eigenvalue weighted by molar-refractivity contribution is -0.131. The fraction of sp³-hybridized carbons (Fsp3) is 0.500. The number of hydrogen-bond donors (Lipinski definition) is 1. The summed E-state index contributed by atoms with van der Waals surface area (Å²) in [5.41, 5.74) is 5.00. The van der Waals surface area contributed by atoms with Crippen LogP contribution >= 0.6 is 0 Å². The van der Waals surface area contributed by atoms with Crippen molar-refractivity contribution in [2.75, 3.05) is 13.1 Å². The van der Waals surface area contributed by atoms with Crippen molar-refractivity contribution in [1.29, 1.82) is 0 Å². The summed E-state index contributed by atoms with van der Waals surface area (Å²) in [4.78, 5) is 36.0. The Labute approximate surface area is 120 Å². The Bertz CT molecular complexity index is 510. The molecule has 0 bridgehead atoms. The average molecular weight is 283 g/mol. The summed E-state index contributed by atoms with van der Waals surface area (Å²) in [5, 5.41) is 0. The highest BCUT2D eigenvalue weighted by Gasteiger charge is 2.12.